The van der Waals surface area contributed by atoms with Crippen molar-refractivity contribution in [2.24, 2.45) is 0 Å². The second-order valence-electron chi connectivity index (χ2n) is 4.26. The van der Waals surface area contributed by atoms with Gasteiger partial charge in [0.1, 0.15) is 0 Å². The van der Waals surface area contributed by atoms with Gasteiger partial charge in [-0.1, -0.05) is 22.0 Å². The van der Waals surface area contributed by atoms with Crippen molar-refractivity contribution in [1.29, 1.82) is 0 Å². The van der Waals surface area contributed by atoms with E-state index in [1.165, 1.54) is 0 Å². The van der Waals surface area contributed by atoms with Crippen LogP contribution in [0.3, 0.4) is 0 Å². The standard InChI is InChI=1S/C13H12BrN3O2/c14-9-3-1-4-10(7-9)15-13(18)11-8-12-17(16-11)5-2-6-19-12/h1,3-4,7-8H,2,5-6H2,(H,15,18). The molecule has 0 spiro atoms. The van der Waals surface area contributed by atoms with Gasteiger partial charge in [-0.15, -0.1) is 0 Å². The first-order valence-electron chi connectivity index (χ1n) is 6.00. The number of aryl methyl sites for hydroxylation is 1. The quantitative estimate of drug-likeness (QED) is 0.925. The third-order valence-corrected chi connectivity index (χ3v) is 3.32. The third kappa shape index (κ3) is 2.63. The van der Waals surface area contributed by atoms with Crippen LogP contribution in [0.5, 0.6) is 5.88 Å². The number of aromatic nitrogens is 2. The summed E-state index contributed by atoms with van der Waals surface area (Å²) < 4.78 is 8.07. The molecule has 3 rings (SSSR count). The maximum Gasteiger partial charge on any atom is 0.276 e. The predicted octanol–water partition coefficient (Wildman–Crippen LogP) is 2.68. The first-order valence-corrected chi connectivity index (χ1v) is 6.79. The number of hydrogen-bond donors (Lipinski definition) is 1. The number of amides is 1. The Labute approximate surface area is 118 Å². The Balaban J connectivity index is 1.78. The van der Waals surface area contributed by atoms with E-state index in [4.69, 9.17) is 4.74 Å². The third-order valence-electron chi connectivity index (χ3n) is 2.82. The molecule has 1 N–H and O–H groups in total. The average molecular weight is 322 g/mol. The van der Waals surface area contributed by atoms with Gasteiger partial charge in [0.15, 0.2) is 5.69 Å². The van der Waals surface area contributed by atoms with E-state index in [1.54, 1.807) is 10.7 Å². The number of fused-ring (bicyclic) bond motifs is 1. The van der Waals surface area contributed by atoms with Crippen molar-refractivity contribution in [3.8, 4) is 5.88 Å². The average Bonchev–Trinajstić information content (AvgIpc) is 2.82. The van der Waals surface area contributed by atoms with Crippen molar-refractivity contribution >= 4 is 27.5 Å². The van der Waals surface area contributed by atoms with Gasteiger partial charge < -0.3 is 10.1 Å². The molecule has 0 aliphatic carbocycles. The summed E-state index contributed by atoms with van der Waals surface area (Å²) in [7, 11) is 0. The molecule has 5 nitrogen and oxygen atoms in total. The summed E-state index contributed by atoms with van der Waals surface area (Å²) in [6.07, 6.45) is 0.918. The lowest BCUT2D eigenvalue weighted by Gasteiger charge is -2.13. The van der Waals surface area contributed by atoms with E-state index in [0.717, 1.165) is 23.1 Å². The number of hydrogen-bond acceptors (Lipinski definition) is 3. The van der Waals surface area contributed by atoms with Gasteiger partial charge in [0.25, 0.3) is 5.91 Å². The van der Waals surface area contributed by atoms with Crippen LogP contribution in [0.4, 0.5) is 5.69 Å². The molecule has 1 amide bonds. The number of carbonyl (C=O) groups is 1. The van der Waals surface area contributed by atoms with Gasteiger partial charge in [-0.2, -0.15) is 5.10 Å². The second-order valence-corrected chi connectivity index (χ2v) is 5.17. The zero-order valence-electron chi connectivity index (χ0n) is 10.1. The summed E-state index contributed by atoms with van der Waals surface area (Å²) >= 11 is 3.36. The van der Waals surface area contributed by atoms with E-state index < -0.39 is 0 Å². The molecular formula is C13H12BrN3O2. The van der Waals surface area contributed by atoms with E-state index in [-0.39, 0.29) is 5.91 Å². The van der Waals surface area contributed by atoms with Crippen LogP contribution in [0, 0.1) is 0 Å². The largest absolute Gasteiger partial charge is 0.478 e. The van der Waals surface area contributed by atoms with Crippen LogP contribution in [-0.4, -0.2) is 22.3 Å². The van der Waals surface area contributed by atoms with Gasteiger partial charge in [-0.05, 0) is 18.2 Å². The molecular weight excluding hydrogens is 310 g/mol. The molecule has 0 bridgehead atoms. The summed E-state index contributed by atoms with van der Waals surface area (Å²) in [5.74, 6) is 0.425. The molecule has 1 aliphatic rings. The zero-order valence-corrected chi connectivity index (χ0v) is 11.7. The number of benzene rings is 1. The van der Waals surface area contributed by atoms with E-state index in [2.05, 4.69) is 26.3 Å². The Kier molecular flexibility index (Phi) is 3.25. The fraction of sp³-hybridized carbons (Fsp3) is 0.231. The number of nitrogens with zero attached hydrogens (tertiary/aromatic N) is 2. The van der Waals surface area contributed by atoms with Crippen LogP contribution in [-0.2, 0) is 6.54 Å². The highest BCUT2D eigenvalue weighted by Crippen LogP contribution is 2.20. The lowest BCUT2D eigenvalue weighted by Crippen LogP contribution is -2.16. The minimum Gasteiger partial charge on any atom is -0.478 e. The van der Waals surface area contributed by atoms with Crippen molar-refractivity contribution in [3.63, 3.8) is 0 Å². The van der Waals surface area contributed by atoms with Crippen LogP contribution in [0.15, 0.2) is 34.8 Å². The highest BCUT2D eigenvalue weighted by molar-refractivity contribution is 9.10. The van der Waals surface area contributed by atoms with Crippen molar-refractivity contribution in [2.75, 3.05) is 11.9 Å². The Hall–Kier alpha value is -1.82. The Morgan fingerprint density at radius 3 is 3.11 bits per heavy atom. The Bertz CT molecular complexity index is 601. The summed E-state index contributed by atoms with van der Waals surface area (Å²) in [4.78, 5) is 12.1. The lowest BCUT2D eigenvalue weighted by molar-refractivity contribution is 0.102. The SMILES string of the molecule is O=C(Nc1cccc(Br)c1)c1cc2n(n1)CCCO2. The Morgan fingerprint density at radius 1 is 1.42 bits per heavy atom. The first kappa shape index (κ1) is 12.2. The van der Waals surface area contributed by atoms with Gasteiger partial charge in [0, 0.05) is 29.2 Å². The van der Waals surface area contributed by atoms with Gasteiger partial charge in [0.2, 0.25) is 5.88 Å². The molecule has 0 unspecified atom stereocenters. The van der Waals surface area contributed by atoms with Gasteiger partial charge in [-0.3, -0.25) is 4.79 Å². The van der Waals surface area contributed by atoms with Crippen LogP contribution in [0.2, 0.25) is 0 Å². The molecule has 98 valence electrons. The van der Waals surface area contributed by atoms with E-state index in [1.807, 2.05) is 24.3 Å². The summed E-state index contributed by atoms with van der Waals surface area (Å²) in [6.45, 7) is 1.47. The number of halogens is 1. The molecule has 0 radical (unpaired) electrons. The molecule has 19 heavy (non-hydrogen) atoms. The molecule has 1 aliphatic heterocycles. The van der Waals surface area contributed by atoms with E-state index in [0.29, 0.717) is 18.2 Å². The van der Waals surface area contributed by atoms with Crippen LogP contribution in [0.1, 0.15) is 16.9 Å². The fourth-order valence-corrected chi connectivity index (χ4v) is 2.34. The molecule has 0 fully saturated rings. The van der Waals surface area contributed by atoms with Crippen LogP contribution < -0.4 is 10.1 Å². The first-order chi connectivity index (χ1) is 9.22. The topological polar surface area (TPSA) is 56.2 Å². The lowest BCUT2D eigenvalue weighted by atomic mass is 10.3. The number of rotatable bonds is 2. The molecule has 2 aromatic rings. The van der Waals surface area contributed by atoms with Crippen molar-refractivity contribution in [3.05, 3.63) is 40.5 Å². The summed E-state index contributed by atoms with van der Waals surface area (Å²) in [6, 6.07) is 9.10. The van der Waals surface area contributed by atoms with Crippen molar-refractivity contribution < 1.29 is 9.53 Å². The minimum absolute atomic E-state index is 0.233. The smallest absolute Gasteiger partial charge is 0.276 e. The molecule has 0 saturated heterocycles. The molecule has 1 aromatic heterocycles. The highest BCUT2D eigenvalue weighted by Gasteiger charge is 2.17. The van der Waals surface area contributed by atoms with E-state index in [9.17, 15) is 4.79 Å². The number of nitrogens with one attached hydrogen (secondary N) is 1. The minimum atomic E-state index is -0.233. The van der Waals surface area contributed by atoms with Gasteiger partial charge in [-0.25, -0.2) is 4.68 Å². The number of carbonyl (C=O) groups excluding carboxylic acids is 1. The second kappa shape index (κ2) is 5.05. The van der Waals surface area contributed by atoms with Crippen molar-refractivity contribution in [2.45, 2.75) is 13.0 Å². The van der Waals surface area contributed by atoms with Crippen molar-refractivity contribution in [1.82, 2.24) is 9.78 Å². The predicted molar refractivity (Wildman–Crippen MR) is 74.4 cm³/mol. The van der Waals surface area contributed by atoms with Gasteiger partial charge in [0.05, 0.1) is 6.61 Å². The summed E-state index contributed by atoms with van der Waals surface area (Å²) in [5.41, 5.74) is 1.10. The maximum absolute atomic E-state index is 12.1. The molecule has 6 heteroatoms. The molecule has 0 atom stereocenters. The molecule has 1 aromatic carbocycles. The van der Waals surface area contributed by atoms with Gasteiger partial charge >= 0.3 is 0 Å². The van der Waals surface area contributed by atoms with Crippen LogP contribution in [0.25, 0.3) is 0 Å². The zero-order chi connectivity index (χ0) is 13.2. The Morgan fingerprint density at radius 2 is 2.32 bits per heavy atom. The van der Waals surface area contributed by atoms with E-state index >= 15 is 0 Å². The number of anilines is 1. The summed E-state index contributed by atoms with van der Waals surface area (Å²) in [5, 5.41) is 7.05. The van der Waals surface area contributed by atoms with Crippen LogP contribution >= 0.6 is 15.9 Å². The number of ether oxygens (including phenoxy) is 1. The molecule has 0 saturated carbocycles. The molecule has 2 heterocycles. The fourth-order valence-electron chi connectivity index (χ4n) is 1.94. The monoisotopic (exact) mass is 321 g/mol. The highest BCUT2D eigenvalue weighted by atomic mass is 79.9. The normalized spacial score (nSPS) is 13.5. The maximum atomic E-state index is 12.1.